The predicted octanol–water partition coefficient (Wildman–Crippen LogP) is 2.36. The number of carboxylic acids is 1. The molecule has 2 amide bonds. The molecule has 0 heterocycles. The maximum absolute atomic E-state index is 12.3. The van der Waals surface area contributed by atoms with Gasteiger partial charge >= 0.3 is 12.0 Å². The largest absolute Gasteiger partial charge is 0.480 e. The van der Waals surface area contributed by atoms with E-state index in [0.29, 0.717) is 25.4 Å². The lowest BCUT2D eigenvalue weighted by molar-refractivity contribution is -0.146. The summed E-state index contributed by atoms with van der Waals surface area (Å²) in [5, 5.41) is 12.3. The SMILES string of the molecule is CCCN(C(=O)NC1(C(=O)O)CCCCC1)C1CC1. The van der Waals surface area contributed by atoms with Crippen LogP contribution in [0.3, 0.4) is 0 Å². The maximum atomic E-state index is 12.3. The Hall–Kier alpha value is -1.26. The second-order valence-electron chi connectivity index (χ2n) is 5.80. The Morgan fingerprint density at radius 1 is 1.26 bits per heavy atom. The fourth-order valence-corrected chi connectivity index (χ4v) is 2.90. The topological polar surface area (TPSA) is 69.6 Å². The number of hydrogen-bond acceptors (Lipinski definition) is 2. The van der Waals surface area contributed by atoms with Crippen LogP contribution in [0.1, 0.15) is 58.3 Å². The summed E-state index contributed by atoms with van der Waals surface area (Å²) in [6.45, 7) is 2.75. The van der Waals surface area contributed by atoms with E-state index in [0.717, 1.165) is 38.5 Å². The number of hydrogen-bond donors (Lipinski definition) is 2. The lowest BCUT2D eigenvalue weighted by Crippen LogP contribution is -2.59. The Bertz CT molecular complexity index is 347. The monoisotopic (exact) mass is 268 g/mol. The average molecular weight is 268 g/mol. The van der Waals surface area contributed by atoms with Crippen LogP contribution < -0.4 is 5.32 Å². The molecule has 2 aliphatic rings. The van der Waals surface area contributed by atoms with Crippen LogP contribution in [0.15, 0.2) is 0 Å². The van der Waals surface area contributed by atoms with Crippen molar-refractivity contribution in [3.63, 3.8) is 0 Å². The highest BCUT2D eigenvalue weighted by Crippen LogP contribution is 2.31. The lowest BCUT2D eigenvalue weighted by Gasteiger charge is -2.36. The summed E-state index contributed by atoms with van der Waals surface area (Å²) in [5.41, 5.74) is -1.03. The molecule has 0 unspecified atom stereocenters. The van der Waals surface area contributed by atoms with Gasteiger partial charge in [0.2, 0.25) is 0 Å². The fourth-order valence-electron chi connectivity index (χ4n) is 2.90. The fraction of sp³-hybridized carbons (Fsp3) is 0.857. The second-order valence-corrected chi connectivity index (χ2v) is 5.80. The zero-order chi connectivity index (χ0) is 13.9. The van der Waals surface area contributed by atoms with E-state index in [1.807, 2.05) is 11.8 Å². The smallest absolute Gasteiger partial charge is 0.329 e. The van der Waals surface area contributed by atoms with Gasteiger partial charge < -0.3 is 15.3 Å². The molecule has 0 aliphatic heterocycles. The molecule has 0 bridgehead atoms. The van der Waals surface area contributed by atoms with E-state index in [1.54, 1.807) is 0 Å². The van der Waals surface area contributed by atoms with Gasteiger partial charge in [0.05, 0.1) is 0 Å². The van der Waals surface area contributed by atoms with Crippen LogP contribution in [0.25, 0.3) is 0 Å². The van der Waals surface area contributed by atoms with E-state index in [2.05, 4.69) is 5.32 Å². The summed E-state index contributed by atoms with van der Waals surface area (Å²) in [4.78, 5) is 25.7. The number of rotatable bonds is 5. The highest BCUT2D eigenvalue weighted by molar-refractivity contribution is 5.86. The number of carbonyl (C=O) groups excluding carboxylic acids is 1. The van der Waals surface area contributed by atoms with Gasteiger partial charge in [-0.05, 0) is 32.1 Å². The molecule has 19 heavy (non-hydrogen) atoms. The molecule has 5 nitrogen and oxygen atoms in total. The van der Waals surface area contributed by atoms with Crippen LogP contribution in [0.5, 0.6) is 0 Å². The Morgan fingerprint density at radius 2 is 1.89 bits per heavy atom. The average Bonchev–Trinajstić information content (AvgIpc) is 3.21. The van der Waals surface area contributed by atoms with Crippen molar-refractivity contribution >= 4 is 12.0 Å². The normalized spacial score (nSPS) is 21.7. The summed E-state index contributed by atoms with van der Waals surface area (Å²) < 4.78 is 0. The van der Waals surface area contributed by atoms with Gasteiger partial charge in [-0.15, -0.1) is 0 Å². The van der Waals surface area contributed by atoms with E-state index >= 15 is 0 Å². The van der Waals surface area contributed by atoms with Crippen LogP contribution in [0, 0.1) is 0 Å². The van der Waals surface area contributed by atoms with Crippen molar-refractivity contribution in [3.8, 4) is 0 Å². The number of carboxylic acid groups (broad SMARTS) is 1. The minimum absolute atomic E-state index is 0.186. The number of nitrogens with zero attached hydrogens (tertiary/aromatic N) is 1. The standard InChI is InChI=1S/C14H24N2O3/c1-2-10-16(11-6-7-11)13(19)15-14(12(17)18)8-4-3-5-9-14/h11H,2-10H2,1H3,(H,15,19)(H,17,18). The third kappa shape index (κ3) is 3.19. The molecule has 0 atom stereocenters. The summed E-state index contributed by atoms with van der Waals surface area (Å²) in [6.07, 6.45) is 6.93. The number of amides is 2. The molecule has 0 aromatic heterocycles. The summed E-state index contributed by atoms with van der Waals surface area (Å²) >= 11 is 0. The molecule has 0 spiro atoms. The predicted molar refractivity (Wildman–Crippen MR) is 72.0 cm³/mol. The molecule has 5 heteroatoms. The Balaban J connectivity index is 2.03. The van der Waals surface area contributed by atoms with Gasteiger partial charge in [0.25, 0.3) is 0 Å². The van der Waals surface area contributed by atoms with E-state index in [9.17, 15) is 14.7 Å². The first-order chi connectivity index (χ1) is 9.09. The molecule has 2 rings (SSSR count). The molecular formula is C14H24N2O3. The zero-order valence-electron chi connectivity index (χ0n) is 11.7. The van der Waals surface area contributed by atoms with Crippen molar-refractivity contribution in [2.45, 2.75) is 69.9 Å². The Labute approximate surface area is 114 Å². The lowest BCUT2D eigenvalue weighted by atomic mass is 9.82. The summed E-state index contributed by atoms with van der Waals surface area (Å²) in [7, 11) is 0. The summed E-state index contributed by atoms with van der Waals surface area (Å²) in [6, 6.07) is 0.142. The van der Waals surface area contributed by atoms with E-state index in [4.69, 9.17) is 0 Å². The van der Waals surface area contributed by atoms with Gasteiger partial charge in [-0.25, -0.2) is 9.59 Å². The number of nitrogens with one attached hydrogen (secondary N) is 1. The first-order valence-electron chi connectivity index (χ1n) is 7.41. The maximum Gasteiger partial charge on any atom is 0.329 e. The van der Waals surface area contributed by atoms with Crippen molar-refractivity contribution in [1.82, 2.24) is 10.2 Å². The van der Waals surface area contributed by atoms with E-state index in [-0.39, 0.29) is 6.03 Å². The van der Waals surface area contributed by atoms with Crippen LogP contribution >= 0.6 is 0 Å². The minimum Gasteiger partial charge on any atom is -0.480 e. The first-order valence-corrected chi connectivity index (χ1v) is 7.41. The second kappa shape index (κ2) is 5.80. The molecule has 2 N–H and O–H groups in total. The Morgan fingerprint density at radius 3 is 2.37 bits per heavy atom. The van der Waals surface area contributed by atoms with Crippen LogP contribution in [0.4, 0.5) is 4.79 Å². The molecule has 108 valence electrons. The van der Waals surface area contributed by atoms with Crippen molar-refractivity contribution in [2.75, 3.05) is 6.54 Å². The van der Waals surface area contributed by atoms with Crippen LogP contribution in [-0.4, -0.2) is 40.1 Å². The molecule has 0 aromatic carbocycles. The van der Waals surface area contributed by atoms with E-state index < -0.39 is 11.5 Å². The quantitative estimate of drug-likeness (QED) is 0.804. The molecule has 0 radical (unpaired) electrons. The van der Waals surface area contributed by atoms with Crippen LogP contribution in [-0.2, 0) is 4.79 Å². The molecule has 0 saturated heterocycles. The van der Waals surface area contributed by atoms with Gasteiger partial charge in [0.15, 0.2) is 0 Å². The van der Waals surface area contributed by atoms with Gasteiger partial charge in [-0.3, -0.25) is 0 Å². The van der Waals surface area contributed by atoms with Crippen molar-refractivity contribution < 1.29 is 14.7 Å². The van der Waals surface area contributed by atoms with Crippen LogP contribution in [0.2, 0.25) is 0 Å². The minimum atomic E-state index is -1.03. The zero-order valence-corrected chi connectivity index (χ0v) is 11.7. The highest BCUT2D eigenvalue weighted by atomic mass is 16.4. The molecule has 2 aliphatic carbocycles. The number of carbonyl (C=O) groups is 2. The third-order valence-electron chi connectivity index (χ3n) is 4.18. The number of urea groups is 1. The molecule has 2 fully saturated rings. The van der Waals surface area contributed by atoms with Crippen molar-refractivity contribution in [3.05, 3.63) is 0 Å². The van der Waals surface area contributed by atoms with E-state index in [1.165, 1.54) is 0 Å². The molecule has 0 aromatic rings. The van der Waals surface area contributed by atoms with Gasteiger partial charge in [-0.1, -0.05) is 26.2 Å². The van der Waals surface area contributed by atoms with Gasteiger partial charge in [-0.2, -0.15) is 0 Å². The Kier molecular flexibility index (Phi) is 4.32. The van der Waals surface area contributed by atoms with Gasteiger partial charge in [0, 0.05) is 12.6 Å². The molecule has 2 saturated carbocycles. The van der Waals surface area contributed by atoms with Crippen molar-refractivity contribution in [1.29, 1.82) is 0 Å². The first kappa shape index (κ1) is 14.2. The molecular weight excluding hydrogens is 244 g/mol. The number of aliphatic carboxylic acids is 1. The highest BCUT2D eigenvalue weighted by Gasteiger charge is 2.43. The van der Waals surface area contributed by atoms with Crippen molar-refractivity contribution in [2.24, 2.45) is 0 Å². The summed E-state index contributed by atoms with van der Waals surface area (Å²) in [5.74, 6) is -0.882. The van der Waals surface area contributed by atoms with Gasteiger partial charge in [0.1, 0.15) is 5.54 Å². The third-order valence-corrected chi connectivity index (χ3v) is 4.18.